The molecule has 3 aromatic rings. The standard InChI is InChI=1S/C26H29FN4O2/c1-2-24-23(19-28-31(24)22-13-11-21(27)12-14-22)26(33)30-17-15-29(16-18-30)25(32)10-6-9-20-7-4-3-5-8-20/h3-5,7-8,11-14,19H,2,6,9-10,15-18H2,1H3. The van der Waals surface area contributed by atoms with Crippen molar-refractivity contribution in [2.75, 3.05) is 26.2 Å². The maximum atomic E-state index is 13.3. The first kappa shape index (κ1) is 22.7. The predicted octanol–water partition coefficient (Wildman–Crippen LogP) is 3.88. The number of rotatable bonds is 7. The monoisotopic (exact) mass is 448 g/mol. The third-order valence-electron chi connectivity index (χ3n) is 6.12. The highest BCUT2D eigenvalue weighted by molar-refractivity contribution is 5.95. The van der Waals surface area contributed by atoms with Crippen molar-refractivity contribution >= 4 is 11.8 Å². The van der Waals surface area contributed by atoms with Crippen LogP contribution < -0.4 is 0 Å². The van der Waals surface area contributed by atoms with Crippen molar-refractivity contribution in [1.29, 1.82) is 0 Å². The van der Waals surface area contributed by atoms with E-state index in [4.69, 9.17) is 0 Å². The van der Waals surface area contributed by atoms with Crippen molar-refractivity contribution < 1.29 is 14.0 Å². The van der Waals surface area contributed by atoms with Gasteiger partial charge in [-0.25, -0.2) is 9.07 Å². The lowest BCUT2D eigenvalue weighted by Crippen LogP contribution is -2.50. The summed E-state index contributed by atoms with van der Waals surface area (Å²) in [7, 11) is 0. The minimum Gasteiger partial charge on any atom is -0.339 e. The molecule has 0 aliphatic carbocycles. The Morgan fingerprint density at radius 2 is 1.61 bits per heavy atom. The van der Waals surface area contributed by atoms with Gasteiger partial charge < -0.3 is 9.80 Å². The van der Waals surface area contributed by atoms with Gasteiger partial charge in [-0.1, -0.05) is 37.3 Å². The Kier molecular flexibility index (Phi) is 7.17. The molecule has 1 aliphatic rings. The highest BCUT2D eigenvalue weighted by Gasteiger charge is 2.27. The fourth-order valence-corrected chi connectivity index (χ4v) is 4.27. The lowest BCUT2D eigenvalue weighted by atomic mass is 10.1. The first-order valence-corrected chi connectivity index (χ1v) is 11.5. The van der Waals surface area contributed by atoms with Crippen molar-refractivity contribution in [2.45, 2.75) is 32.6 Å². The van der Waals surface area contributed by atoms with E-state index >= 15 is 0 Å². The van der Waals surface area contributed by atoms with E-state index in [1.54, 1.807) is 27.9 Å². The molecule has 2 amide bonds. The second-order valence-electron chi connectivity index (χ2n) is 8.26. The van der Waals surface area contributed by atoms with Gasteiger partial charge in [0.2, 0.25) is 5.91 Å². The van der Waals surface area contributed by atoms with Gasteiger partial charge in [0.1, 0.15) is 5.82 Å². The summed E-state index contributed by atoms with van der Waals surface area (Å²) < 4.78 is 15.0. The number of amides is 2. The van der Waals surface area contributed by atoms with Crippen LogP contribution in [-0.2, 0) is 17.6 Å². The van der Waals surface area contributed by atoms with Crippen LogP contribution in [0.2, 0.25) is 0 Å². The maximum absolute atomic E-state index is 13.3. The average Bonchev–Trinajstić information content (AvgIpc) is 3.29. The summed E-state index contributed by atoms with van der Waals surface area (Å²) in [6.07, 6.45) is 4.45. The number of aryl methyl sites for hydroxylation is 1. The molecule has 172 valence electrons. The molecular weight excluding hydrogens is 419 g/mol. The lowest BCUT2D eigenvalue weighted by molar-refractivity contribution is -0.132. The number of hydrogen-bond acceptors (Lipinski definition) is 3. The second-order valence-corrected chi connectivity index (χ2v) is 8.26. The van der Waals surface area contributed by atoms with Gasteiger partial charge in [0, 0.05) is 32.6 Å². The van der Waals surface area contributed by atoms with Crippen LogP contribution in [0.3, 0.4) is 0 Å². The molecule has 1 fully saturated rings. The summed E-state index contributed by atoms with van der Waals surface area (Å²) in [4.78, 5) is 29.4. The van der Waals surface area contributed by atoms with E-state index in [-0.39, 0.29) is 17.6 Å². The minimum atomic E-state index is -0.312. The summed E-state index contributed by atoms with van der Waals surface area (Å²) in [5, 5.41) is 4.39. The zero-order chi connectivity index (χ0) is 23.2. The number of carbonyl (C=O) groups excluding carboxylic acids is 2. The highest BCUT2D eigenvalue weighted by Crippen LogP contribution is 2.19. The Bertz CT molecular complexity index is 1090. The largest absolute Gasteiger partial charge is 0.339 e. The van der Waals surface area contributed by atoms with Crippen LogP contribution in [0.5, 0.6) is 0 Å². The van der Waals surface area contributed by atoms with Crippen LogP contribution in [0.1, 0.15) is 41.4 Å². The first-order valence-electron chi connectivity index (χ1n) is 11.5. The number of hydrogen-bond donors (Lipinski definition) is 0. The van der Waals surface area contributed by atoms with E-state index in [0.29, 0.717) is 44.6 Å². The summed E-state index contributed by atoms with van der Waals surface area (Å²) in [6, 6.07) is 16.3. The molecule has 0 unspecified atom stereocenters. The lowest BCUT2D eigenvalue weighted by Gasteiger charge is -2.35. The molecule has 2 heterocycles. The van der Waals surface area contributed by atoms with Gasteiger partial charge in [-0.05, 0) is 49.1 Å². The van der Waals surface area contributed by atoms with Crippen molar-refractivity contribution in [3.8, 4) is 5.69 Å². The summed E-state index contributed by atoms with van der Waals surface area (Å²) in [5.41, 5.74) is 3.32. The van der Waals surface area contributed by atoms with E-state index in [1.165, 1.54) is 17.7 Å². The number of piperazine rings is 1. The zero-order valence-electron chi connectivity index (χ0n) is 18.9. The third kappa shape index (κ3) is 5.30. The molecule has 0 spiro atoms. The molecular formula is C26H29FN4O2. The van der Waals surface area contributed by atoms with Gasteiger partial charge in [-0.15, -0.1) is 0 Å². The minimum absolute atomic E-state index is 0.0728. The van der Waals surface area contributed by atoms with E-state index in [1.807, 2.05) is 30.0 Å². The molecule has 2 aromatic carbocycles. The summed E-state index contributed by atoms with van der Waals surface area (Å²) >= 11 is 0. The normalized spacial score (nSPS) is 13.9. The second kappa shape index (κ2) is 10.4. The Hall–Kier alpha value is -3.48. The molecule has 7 heteroatoms. The molecule has 0 bridgehead atoms. The molecule has 1 aliphatic heterocycles. The van der Waals surface area contributed by atoms with Crippen molar-refractivity contribution in [2.24, 2.45) is 0 Å². The topological polar surface area (TPSA) is 58.4 Å². The van der Waals surface area contributed by atoms with Crippen LogP contribution in [0.15, 0.2) is 60.8 Å². The molecule has 0 atom stereocenters. The summed E-state index contributed by atoms with van der Waals surface area (Å²) in [6.45, 7) is 4.08. The fourth-order valence-electron chi connectivity index (χ4n) is 4.27. The molecule has 4 rings (SSSR count). The van der Waals surface area contributed by atoms with Gasteiger partial charge in [0.15, 0.2) is 0 Å². The van der Waals surface area contributed by atoms with Gasteiger partial charge in [-0.3, -0.25) is 9.59 Å². The van der Waals surface area contributed by atoms with Gasteiger partial charge in [-0.2, -0.15) is 5.10 Å². The first-order chi connectivity index (χ1) is 16.1. The number of aromatic nitrogens is 2. The van der Waals surface area contributed by atoms with Crippen LogP contribution >= 0.6 is 0 Å². The smallest absolute Gasteiger partial charge is 0.257 e. The van der Waals surface area contributed by atoms with Crippen LogP contribution in [-0.4, -0.2) is 57.6 Å². The molecule has 0 radical (unpaired) electrons. The van der Waals surface area contributed by atoms with Gasteiger partial charge in [0.05, 0.1) is 23.1 Å². The SMILES string of the molecule is CCc1c(C(=O)N2CCN(C(=O)CCCc3ccccc3)CC2)cnn1-c1ccc(F)cc1. The predicted molar refractivity (Wildman–Crippen MR) is 125 cm³/mol. The van der Waals surface area contributed by atoms with E-state index in [2.05, 4.69) is 17.2 Å². The van der Waals surface area contributed by atoms with Crippen LogP contribution in [0.4, 0.5) is 4.39 Å². The number of nitrogens with zero attached hydrogens (tertiary/aromatic N) is 4. The Morgan fingerprint density at radius 3 is 2.27 bits per heavy atom. The number of halogens is 1. The fraction of sp³-hybridized carbons (Fsp3) is 0.346. The van der Waals surface area contributed by atoms with Crippen LogP contribution in [0.25, 0.3) is 5.69 Å². The van der Waals surface area contributed by atoms with Crippen molar-refractivity contribution in [3.05, 3.63) is 83.4 Å². The van der Waals surface area contributed by atoms with Crippen LogP contribution in [0, 0.1) is 5.82 Å². The van der Waals surface area contributed by atoms with E-state index < -0.39 is 0 Å². The highest BCUT2D eigenvalue weighted by atomic mass is 19.1. The quantitative estimate of drug-likeness (QED) is 0.551. The molecule has 1 saturated heterocycles. The molecule has 33 heavy (non-hydrogen) atoms. The van der Waals surface area contributed by atoms with Crippen molar-refractivity contribution in [3.63, 3.8) is 0 Å². The maximum Gasteiger partial charge on any atom is 0.257 e. The summed E-state index contributed by atoms with van der Waals surface area (Å²) in [5.74, 6) is -0.236. The van der Waals surface area contributed by atoms with E-state index in [0.717, 1.165) is 24.2 Å². The zero-order valence-corrected chi connectivity index (χ0v) is 18.9. The number of carbonyl (C=O) groups is 2. The molecule has 6 nitrogen and oxygen atoms in total. The number of benzene rings is 2. The Morgan fingerprint density at radius 1 is 0.939 bits per heavy atom. The average molecular weight is 449 g/mol. The van der Waals surface area contributed by atoms with Crippen molar-refractivity contribution in [1.82, 2.24) is 19.6 Å². The van der Waals surface area contributed by atoms with Gasteiger partial charge in [0.25, 0.3) is 5.91 Å². The molecule has 1 aromatic heterocycles. The molecule has 0 saturated carbocycles. The Labute approximate surface area is 193 Å². The molecule has 0 N–H and O–H groups in total. The van der Waals surface area contributed by atoms with Gasteiger partial charge >= 0.3 is 0 Å². The Balaban J connectivity index is 1.33. The third-order valence-corrected chi connectivity index (χ3v) is 6.12. The van der Waals surface area contributed by atoms with E-state index in [9.17, 15) is 14.0 Å².